The number of aromatic nitrogens is 1. The van der Waals surface area contributed by atoms with Crippen LogP contribution in [-0.2, 0) is 87.9 Å². The molecule has 2 aromatic rings. The van der Waals surface area contributed by atoms with Crippen molar-refractivity contribution >= 4 is 139 Å². The van der Waals surface area contributed by atoms with Crippen LogP contribution in [0.1, 0.15) is 164 Å². The molecule has 660 valence electrons. The summed E-state index contributed by atoms with van der Waals surface area (Å²) in [6, 6.07) is -12.3. The van der Waals surface area contributed by atoms with Crippen LogP contribution in [0.3, 0.4) is 0 Å². The Morgan fingerprint density at radius 2 is 0.932 bits per heavy atom. The molecule has 0 bridgehead atoms. The zero-order valence-electron chi connectivity index (χ0n) is 68.8. The second kappa shape index (κ2) is 53.1. The zero-order chi connectivity index (χ0) is 88.5. The van der Waals surface area contributed by atoms with E-state index in [9.17, 15) is 76.7 Å². The van der Waals surface area contributed by atoms with Gasteiger partial charge in [-0.3, -0.25) is 86.5 Å². The molecule has 1 fully saturated rings. The third kappa shape index (κ3) is 36.6. The number of carbonyl (C=O) groups excluding carboxylic acids is 17. The fourth-order valence-electron chi connectivity index (χ4n) is 12.4. The summed E-state index contributed by atoms with van der Waals surface area (Å²) in [6.07, 6.45) is 0.904. The maximum absolute atomic E-state index is 15.1. The molecule has 0 aliphatic carbocycles. The highest BCUT2D eigenvalue weighted by Crippen LogP contribution is 2.25. The minimum atomic E-state index is -1.78. The number of nitrogens with zero attached hydrogens (tertiary/aromatic N) is 1. The van der Waals surface area contributed by atoms with E-state index in [0.29, 0.717) is 29.3 Å². The smallest absolute Gasteiger partial charge is 0.244 e. The van der Waals surface area contributed by atoms with Crippen LogP contribution in [0.15, 0.2) is 35.5 Å². The first-order valence-corrected chi connectivity index (χ1v) is 42.2. The fourth-order valence-corrected chi connectivity index (χ4v) is 14.7. The Balaban J connectivity index is 2.29. The summed E-state index contributed by atoms with van der Waals surface area (Å²) in [7, 11) is 1.83. The van der Waals surface area contributed by atoms with Gasteiger partial charge in [0.2, 0.25) is 100 Å². The molecule has 14 atom stereocenters. The second-order valence-corrected chi connectivity index (χ2v) is 32.8. The van der Waals surface area contributed by atoms with Gasteiger partial charge in [0.05, 0.1) is 13.0 Å². The number of unbranched alkanes of at least 4 members (excludes halogenated alkanes) is 2. The third-order valence-electron chi connectivity index (χ3n) is 19.1. The van der Waals surface area contributed by atoms with E-state index in [1.807, 2.05) is 0 Å². The number of hydrogen-bond donors (Lipinski definition) is 23. The Kier molecular flexibility index (Phi) is 45.8. The predicted molar refractivity (Wildman–Crippen MR) is 445 cm³/mol. The maximum Gasteiger partial charge on any atom is 0.244 e. The largest absolute Gasteiger partial charge is 0.370 e. The number of para-hydroxylation sites is 1. The van der Waals surface area contributed by atoms with Crippen molar-refractivity contribution < 1.29 is 81.5 Å². The molecule has 0 unspecified atom stereocenters. The predicted octanol–water partition coefficient (Wildman–Crippen LogP) is -5.38. The van der Waals surface area contributed by atoms with Crippen LogP contribution in [0.4, 0.5) is 0 Å². The third-order valence-corrected chi connectivity index (χ3v) is 21.5. The summed E-state index contributed by atoms with van der Waals surface area (Å²) in [5.41, 5.74) is 46.9. The summed E-state index contributed by atoms with van der Waals surface area (Å²) < 4.78 is 0. The van der Waals surface area contributed by atoms with Gasteiger partial charge in [-0.25, -0.2) is 0 Å². The van der Waals surface area contributed by atoms with Gasteiger partial charge >= 0.3 is 0 Å². The van der Waals surface area contributed by atoms with Gasteiger partial charge in [-0.05, 0) is 132 Å². The van der Waals surface area contributed by atoms with Gasteiger partial charge in [0, 0.05) is 54.9 Å². The molecule has 2 heterocycles. The van der Waals surface area contributed by atoms with E-state index in [1.54, 1.807) is 85.9 Å². The van der Waals surface area contributed by atoms with Crippen molar-refractivity contribution in [2.45, 2.75) is 244 Å². The van der Waals surface area contributed by atoms with Crippen LogP contribution < -0.4 is 120 Å². The van der Waals surface area contributed by atoms with Crippen LogP contribution in [0, 0.1) is 23.7 Å². The van der Waals surface area contributed by atoms with Gasteiger partial charge in [0.1, 0.15) is 78.5 Å². The van der Waals surface area contributed by atoms with Crippen molar-refractivity contribution in [2.24, 2.45) is 74.5 Å². The van der Waals surface area contributed by atoms with E-state index in [-0.39, 0.29) is 120 Å². The number of aliphatic imine (C=N–C) groups is 1. The van der Waals surface area contributed by atoms with Crippen molar-refractivity contribution in [1.82, 2.24) is 79.4 Å². The Morgan fingerprint density at radius 3 is 1.45 bits per heavy atom. The lowest BCUT2D eigenvalue weighted by Gasteiger charge is -2.30. The number of carbonyl (C=O) groups is 17. The van der Waals surface area contributed by atoms with Gasteiger partial charge in [-0.15, -0.1) is 0 Å². The molecule has 1 aliphatic rings. The van der Waals surface area contributed by atoms with Crippen molar-refractivity contribution in [3.05, 3.63) is 36.0 Å². The first kappa shape index (κ1) is 102. The number of nitrogens with one attached hydrogen (secondary N) is 15. The minimum Gasteiger partial charge on any atom is -0.370 e. The number of guanidine groups is 1. The van der Waals surface area contributed by atoms with E-state index in [0.717, 1.165) is 28.5 Å². The number of benzene rings is 1. The van der Waals surface area contributed by atoms with Crippen molar-refractivity contribution in [2.75, 3.05) is 44.2 Å². The quantitative estimate of drug-likeness (QED) is 0.0150. The molecule has 17 amide bonds. The van der Waals surface area contributed by atoms with E-state index < -0.39 is 223 Å². The highest BCUT2D eigenvalue weighted by atomic mass is 33.1. The topological polar surface area (TPSA) is 695 Å². The molecule has 1 aromatic heterocycles. The normalized spacial score (nSPS) is 24.3. The Labute approximate surface area is 694 Å². The SMILES string of the molecule is CC[C@H](C)[C@H]1NC(=O)[C@H](CC(C)C)NC(=O)[C@H](CCCN)NC(=O)CNC(=O)[C@H](CC(N)=O)NC(=O)[C@H](C(C)C)NC(=O)[C@H](CCCCN)NC(=O)[C@H](C(C)C)NC(=O)[C@H](Cc2c[nH]c3ccccc23)NC(=O)[C@H](CCCN=C(N)N)NC(=O)[C@@H](NC(C)=O)CSSC[C@@H](C(N)=O)NC(=O)[C@H](CCC(N)=O)NC(=O)[C@H](CCCCN)NC1=O. The number of fused-ring (bicyclic) bond motifs is 1. The number of primary amides is 3. The highest BCUT2D eigenvalue weighted by Gasteiger charge is 2.40. The molecule has 0 radical (unpaired) electrons. The number of H-pyrrole nitrogens is 1. The molecule has 43 heteroatoms. The fraction of sp³-hybridized carbons (Fsp3) is 0.653. The lowest BCUT2D eigenvalue weighted by Crippen LogP contribution is -2.61. The summed E-state index contributed by atoms with van der Waals surface area (Å²) in [5, 5.41) is 37.1. The van der Waals surface area contributed by atoms with Crippen LogP contribution in [0.2, 0.25) is 0 Å². The van der Waals surface area contributed by atoms with Crippen LogP contribution >= 0.6 is 21.6 Å². The highest BCUT2D eigenvalue weighted by molar-refractivity contribution is 8.76. The van der Waals surface area contributed by atoms with Gasteiger partial charge in [0.15, 0.2) is 5.96 Å². The van der Waals surface area contributed by atoms with E-state index in [4.69, 9.17) is 45.9 Å². The molecule has 41 nitrogen and oxygen atoms in total. The van der Waals surface area contributed by atoms with E-state index in [1.165, 1.54) is 0 Å². The van der Waals surface area contributed by atoms with Crippen molar-refractivity contribution in [3.63, 3.8) is 0 Å². The van der Waals surface area contributed by atoms with Gasteiger partial charge in [0.25, 0.3) is 0 Å². The zero-order valence-corrected chi connectivity index (χ0v) is 70.4. The molecule has 118 heavy (non-hydrogen) atoms. The van der Waals surface area contributed by atoms with Crippen LogP contribution in [0.25, 0.3) is 10.9 Å². The standard InChI is InChI=1S/C75H126N24O17S2/c1-10-41(8)61-74(116)92-47(21-13-15-27-76)65(107)90-50(25-26-56(79)101)67(109)96-54(62(81)104)36-117-118-37-55(87-42(9)100)71(113)89-49(24-18-30-84-75(82)83)66(108)94-52(32-43-34-85-45-20-12-11-19-44(43)45)70(112)98-59(39(4)5)72(114)91-48(22-14-16-28-77)68(110)97-60(40(6)7)73(115)95-53(33-57(80)102)63(105)86-35-58(103)88-46(23-17-29-78)64(106)93-51(31-38(2)3)69(111)99-61/h11-12,19-20,34,38-41,46-55,59-61,85H,10,13-18,21-33,35-37,76-78H2,1-9H3,(H2,79,101)(H2,80,102)(H2,81,104)(H,86,105)(H,87,100)(H,88,103)(H,89,113)(H,90,107)(H,91,114)(H,92,116)(H,93,106)(H,94,108)(H,95,115)(H,96,109)(H,97,110)(H,98,112)(H,99,111)(H4,82,83,84)/t41-,46-,47-,48-,49-,50-,51-,52-,53-,54-,55-,59-,60-,61+/m0/s1. The minimum absolute atomic E-state index is 0.0205. The van der Waals surface area contributed by atoms with Gasteiger partial charge < -0.3 is 125 Å². The maximum atomic E-state index is 15.1. The monoisotopic (exact) mass is 1700 g/mol. The first-order chi connectivity index (χ1) is 55.7. The van der Waals surface area contributed by atoms with E-state index >= 15 is 4.79 Å². The Hall–Kier alpha value is -10.4. The molecule has 1 aliphatic heterocycles. The average Bonchev–Trinajstić information content (AvgIpc) is 1.61. The average molecular weight is 1700 g/mol. The number of nitrogens with two attached hydrogens (primary N) is 8. The summed E-state index contributed by atoms with van der Waals surface area (Å²) in [6.45, 7) is 13.8. The molecular weight excluding hydrogens is 1570 g/mol. The van der Waals surface area contributed by atoms with Crippen LogP contribution in [0.5, 0.6) is 0 Å². The summed E-state index contributed by atoms with van der Waals surface area (Å²) in [4.78, 5) is 246. The number of hydrogen-bond acceptors (Lipinski definition) is 23. The Morgan fingerprint density at radius 1 is 0.483 bits per heavy atom. The molecule has 0 saturated carbocycles. The Bertz CT molecular complexity index is 3770. The van der Waals surface area contributed by atoms with Crippen molar-refractivity contribution in [1.29, 1.82) is 0 Å². The first-order valence-electron chi connectivity index (χ1n) is 39.7. The second-order valence-electron chi connectivity index (χ2n) is 30.2. The molecule has 3 rings (SSSR count). The molecule has 31 N–H and O–H groups in total. The van der Waals surface area contributed by atoms with Gasteiger partial charge in [-0.2, -0.15) is 0 Å². The lowest BCUT2D eigenvalue weighted by molar-refractivity contribution is -0.137. The van der Waals surface area contributed by atoms with Gasteiger partial charge in [-0.1, -0.05) is 102 Å². The lowest BCUT2D eigenvalue weighted by atomic mass is 9.96. The molecule has 1 saturated heterocycles. The number of aromatic amines is 1. The summed E-state index contributed by atoms with van der Waals surface area (Å²) in [5.74, 6) is -19.2. The molecule has 1 aromatic carbocycles. The van der Waals surface area contributed by atoms with Crippen LogP contribution in [-0.4, -0.2) is 234 Å². The van der Waals surface area contributed by atoms with E-state index in [2.05, 4.69) is 84.4 Å². The van der Waals surface area contributed by atoms with Crippen molar-refractivity contribution in [3.8, 4) is 0 Å². The molecular formula is C75H126N24O17S2. The summed E-state index contributed by atoms with van der Waals surface area (Å²) >= 11 is 0. The number of amides is 17. The number of rotatable bonds is 30. The molecule has 0 spiro atoms.